The Morgan fingerprint density at radius 1 is 0.977 bits per heavy atom. The molecule has 0 aromatic heterocycles. The molecule has 1 saturated heterocycles. The Hall–Kier alpha value is -3.96. The van der Waals surface area contributed by atoms with E-state index in [0.717, 1.165) is 50.2 Å². The number of hydrogen-bond acceptors (Lipinski definition) is 8. The Bertz CT molecular complexity index is 1330. The maximum atomic E-state index is 12.9. The largest absolute Gasteiger partial charge is 0.494 e. The van der Waals surface area contributed by atoms with E-state index in [4.69, 9.17) is 18.9 Å². The number of unbranched alkanes of at least 4 members (excludes halogenated alkanes) is 2. The molecule has 3 aliphatic rings. The number of benzene rings is 2. The fourth-order valence-electron chi connectivity index (χ4n) is 5.52. The fourth-order valence-corrected chi connectivity index (χ4v) is 5.52. The van der Waals surface area contributed by atoms with Crippen LogP contribution >= 0.6 is 0 Å². The summed E-state index contributed by atoms with van der Waals surface area (Å²) in [5, 5.41) is 5.11. The number of hydrogen-bond donors (Lipinski definition) is 2. The Labute approximate surface area is 251 Å². The zero-order valence-corrected chi connectivity index (χ0v) is 24.4. The fraction of sp³-hybridized carbons (Fsp3) is 0.500. The minimum absolute atomic E-state index is 0.119. The number of ether oxygens (including phenoxy) is 4. The predicted octanol–water partition coefficient (Wildman–Crippen LogP) is 3.38. The number of amides is 4. The first-order valence-corrected chi connectivity index (χ1v) is 15.1. The molecule has 0 spiro atoms. The van der Waals surface area contributed by atoms with E-state index < -0.39 is 11.9 Å². The summed E-state index contributed by atoms with van der Waals surface area (Å²) in [6.45, 7) is 3.15. The summed E-state index contributed by atoms with van der Waals surface area (Å²) < 4.78 is 22.7. The molecule has 230 valence electrons. The molecule has 5 rings (SSSR count). The molecule has 1 unspecified atom stereocenters. The third-order valence-electron chi connectivity index (χ3n) is 7.75. The van der Waals surface area contributed by atoms with Crippen molar-refractivity contribution in [3.8, 4) is 11.5 Å². The van der Waals surface area contributed by atoms with Crippen LogP contribution in [-0.4, -0.2) is 74.2 Å². The Morgan fingerprint density at radius 2 is 1.81 bits per heavy atom. The van der Waals surface area contributed by atoms with Crippen LogP contribution in [0.25, 0.3) is 0 Å². The smallest absolute Gasteiger partial charge is 0.255 e. The SMILES string of the molecule is O=C1CCC(N2Cc3c(NC(=O)COCCCOCCCCCOc4ccc5c(c4)CCCO5)cccc3C2=O)C(=O)N1. The monoisotopic (exact) mass is 593 g/mol. The minimum Gasteiger partial charge on any atom is -0.494 e. The molecule has 1 fully saturated rings. The van der Waals surface area contributed by atoms with Gasteiger partial charge in [0, 0.05) is 49.6 Å². The van der Waals surface area contributed by atoms with E-state index in [9.17, 15) is 19.2 Å². The molecule has 0 radical (unpaired) electrons. The van der Waals surface area contributed by atoms with Gasteiger partial charge in [0.25, 0.3) is 5.91 Å². The maximum Gasteiger partial charge on any atom is 0.255 e. The number of piperidine rings is 1. The van der Waals surface area contributed by atoms with Gasteiger partial charge in [-0.3, -0.25) is 24.5 Å². The Morgan fingerprint density at radius 3 is 2.70 bits per heavy atom. The minimum atomic E-state index is -0.707. The summed E-state index contributed by atoms with van der Waals surface area (Å²) >= 11 is 0. The molecule has 3 heterocycles. The summed E-state index contributed by atoms with van der Waals surface area (Å²) in [5.41, 5.74) is 2.83. The molecule has 0 saturated carbocycles. The lowest BCUT2D eigenvalue weighted by Crippen LogP contribution is -2.52. The van der Waals surface area contributed by atoms with E-state index in [2.05, 4.69) is 16.7 Å². The summed E-state index contributed by atoms with van der Waals surface area (Å²) in [4.78, 5) is 50.7. The number of carbonyl (C=O) groups is 4. The van der Waals surface area contributed by atoms with Gasteiger partial charge in [-0.2, -0.15) is 0 Å². The Kier molecular flexibility index (Phi) is 10.6. The van der Waals surface area contributed by atoms with Crippen molar-refractivity contribution >= 4 is 29.3 Å². The van der Waals surface area contributed by atoms with Gasteiger partial charge in [-0.15, -0.1) is 0 Å². The van der Waals surface area contributed by atoms with E-state index >= 15 is 0 Å². The lowest BCUT2D eigenvalue weighted by molar-refractivity contribution is -0.137. The van der Waals surface area contributed by atoms with Crippen LogP contribution in [0.5, 0.6) is 11.5 Å². The van der Waals surface area contributed by atoms with Crippen molar-refractivity contribution in [2.24, 2.45) is 0 Å². The number of nitrogens with zero attached hydrogens (tertiary/aromatic N) is 1. The van der Waals surface area contributed by atoms with Crippen LogP contribution in [0.3, 0.4) is 0 Å². The zero-order valence-electron chi connectivity index (χ0n) is 24.4. The van der Waals surface area contributed by atoms with E-state index in [0.29, 0.717) is 49.7 Å². The highest BCUT2D eigenvalue weighted by Crippen LogP contribution is 2.32. The number of carbonyl (C=O) groups excluding carboxylic acids is 4. The standard InChI is InChI=1S/C32H39N3O8/c36-29-13-11-27(31(38)34-29)35-20-25-24(32(35)39)8-4-9-26(25)33-30(37)21-41-16-6-15-40-14-2-1-3-17-42-23-10-12-28-22(19-23)7-5-18-43-28/h4,8-10,12,19,27H,1-3,5-7,11,13-18,20-21H2,(H,33,37)(H,34,36,38). The molecule has 1 atom stereocenters. The van der Waals surface area contributed by atoms with Gasteiger partial charge in [0.2, 0.25) is 17.7 Å². The third-order valence-corrected chi connectivity index (χ3v) is 7.75. The van der Waals surface area contributed by atoms with Crippen molar-refractivity contribution in [1.29, 1.82) is 0 Å². The van der Waals surface area contributed by atoms with Gasteiger partial charge in [0.05, 0.1) is 13.2 Å². The van der Waals surface area contributed by atoms with Gasteiger partial charge in [-0.05, 0) is 80.8 Å². The molecular formula is C32H39N3O8. The average molecular weight is 594 g/mol. The third kappa shape index (κ3) is 8.11. The van der Waals surface area contributed by atoms with Gasteiger partial charge in [-0.1, -0.05) is 6.07 Å². The highest BCUT2D eigenvalue weighted by molar-refractivity contribution is 6.06. The van der Waals surface area contributed by atoms with Crippen LogP contribution in [-0.2, 0) is 36.8 Å². The molecule has 11 heteroatoms. The number of aryl methyl sites for hydroxylation is 1. The van der Waals surface area contributed by atoms with Gasteiger partial charge in [-0.25, -0.2) is 0 Å². The molecule has 11 nitrogen and oxygen atoms in total. The number of imide groups is 1. The second-order valence-electron chi connectivity index (χ2n) is 10.9. The van der Waals surface area contributed by atoms with Crippen molar-refractivity contribution in [2.75, 3.05) is 45.0 Å². The summed E-state index contributed by atoms with van der Waals surface area (Å²) in [7, 11) is 0. The number of anilines is 1. The van der Waals surface area contributed by atoms with Crippen molar-refractivity contribution in [3.05, 3.63) is 53.1 Å². The Balaban J connectivity index is 0.907. The van der Waals surface area contributed by atoms with Gasteiger partial charge in [0.1, 0.15) is 24.1 Å². The first kappa shape index (κ1) is 30.5. The summed E-state index contributed by atoms with van der Waals surface area (Å²) in [6.07, 6.45) is 6.16. The molecule has 2 aromatic carbocycles. The van der Waals surface area contributed by atoms with E-state index in [1.165, 1.54) is 10.5 Å². The lowest BCUT2D eigenvalue weighted by atomic mass is 10.0. The summed E-state index contributed by atoms with van der Waals surface area (Å²) in [5.74, 6) is 0.453. The maximum absolute atomic E-state index is 12.9. The molecule has 0 aliphatic carbocycles. The summed E-state index contributed by atoms with van der Waals surface area (Å²) in [6, 6.07) is 10.4. The van der Waals surface area contributed by atoms with Crippen LogP contribution in [0, 0.1) is 0 Å². The van der Waals surface area contributed by atoms with Gasteiger partial charge in [0.15, 0.2) is 0 Å². The van der Waals surface area contributed by atoms with E-state index in [-0.39, 0.29) is 43.7 Å². The lowest BCUT2D eigenvalue weighted by Gasteiger charge is -2.29. The van der Waals surface area contributed by atoms with Crippen LogP contribution in [0.15, 0.2) is 36.4 Å². The zero-order chi connectivity index (χ0) is 30.0. The molecule has 2 N–H and O–H groups in total. The van der Waals surface area contributed by atoms with E-state index in [1.807, 2.05) is 12.1 Å². The number of rotatable bonds is 15. The molecule has 3 aliphatic heterocycles. The molecular weight excluding hydrogens is 554 g/mol. The van der Waals surface area contributed by atoms with Crippen LogP contribution in [0.4, 0.5) is 5.69 Å². The number of fused-ring (bicyclic) bond motifs is 2. The second kappa shape index (κ2) is 15.0. The van der Waals surface area contributed by atoms with Crippen LogP contribution in [0.1, 0.15) is 66.4 Å². The van der Waals surface area contributed by atoms with Crippen LogP contribution < -0.4 is 20.1 Å². The van der Waals surface area contributed by atoms with Gasteiger partial charge >= 0.3 is 0 Å². The van der Waals surface area contributed by atoms with Gasteiger partial charge < -0.3 is 29.2 Å². The topological polar surface area (TPSA) is 132 Å². The highest BCUT2D eigenvalue weighted by atomic mass is 16.5. The molecule has 4 amide bonds. The predicted molar refractivity (Wildman–Crippen MR) is 157 cm³/mol. The van der Waals surface area contributed by atoms with Crippen LogP contribution in [0.2, 0.25) is 0 Å². The highest BCUT2D eigenvalue weighted by Gasteiger charge is 2.39. The van der Waals surface area contributed by atoms with E-state index in [1.54, 1.807) is 18.2 Å². The first-order chi connectivity index (χ1) is 21.0. The molecule has 43 heavy (non-hydrogen) atoms. The first-order valence-electron chi connectivity index (χ1n) is 15.1. The molecule has 0 bridgehead atoms. The molecule has 2 aromatic rings. The normalized spacial score (nSPS) is 17.6. The van der Waals surface area contributed by atoms with Crippen molar-refractivity contribution in [2.45, 2.75) is 64.0 Å². The van der Waals surface area contributed by atoms with Crippen molar-refractivity contribution in [3.63, 3.8) is 0 Å². The second-order valence-corrected chi connectivity index (χ2v) is 10.9. The average Bonchev–Trinajstić information content (AvgIpc) is 3.34. The quantitative estimate of drug-likeness (QED) is 0.237. The van der Waals surface area contributed by atoms with Crippen molar-refractivity contribution in [1.82, 2.24) is 10.2 Å². The number of nitrogens with one attached hydrogen (secondary N) is 2. The van der Waals surface area contributed by atoms with Crippen molar-refractivity contribution < 1.29 is 38.1 Å².